The third-order valence-electron chi connectivity index (χ3n) is 3.09. The van der Waals surface area contributed by atoms with Crippen LogP contribution in [-0.2, 0) is 0 Å². The Morgan fingerprint density at radius 2 is 2.24 bits per heavy atom. The Morgan fingerprint density at radius 3 is 2.76 bits per heavy atom. The molecule has 0 spiro atoms. The van der Waals surface area contributed by atoms with Crippen LogP contribution in [0.3, 0.4) is 0 Å². The first-order valence-corrected chi connectivity index (χ1v) is 7.80. The molecule has 3 N–H and O–H groups in total. The third kappa shape index (κ3) is 4.39. The lowest BCUT2D eigenvalue weighted by Gasteiger charge is -2.19. The van der Waals surface area contributed by atoms with Crippen molar-refractivity contribution in [3.63, 3.8) is 0 Å². The first kappa shape index (κ1) is 17.4. The van der Waals surface area contributed by atoms with E-state index >= 15 is 0 Å². The second kappa shape index (κ2) is 7.93. The van der Waals surface area contributed by atoms with Crippen molar-refractivity contribution in [3.05, 3.63) is 17.5 Å². The maximum Gasteiger partial charge on any atom is 0.263 e. The number of thiophene rings is 1. The molecule has 0 bridgehead atoms. The molecule has 6 heteroatoms. The number of hydrogen-bond acceptors (Lipinski definition) is 5. The number of hydrogen-bond donors (Lipinski definition) is 2. The molecule has 21 heavy (non-hydrogen) atoms. The maximum atomic E-state index is 12.1. The Morgan fingerprint density at radius 1 is 1.57 bits per heavy atom. The van der Waals surface area contributed by atoms with Crippen LogP contribution in [0.15, 0.2) is 12.7 Å². The molecule has 0 fully saturated rings. The summed E-state index contributed by atoms with van der Waals surface area (Å²) in [5.41, 5.74) is 6.45. The molecular formula is C15H25N3O2S. The zero-order chi connectivity index (χ0) is 16.0. The minimum Gasteiger partial charge on any atom is -0.492 e. The average molecular weight is 311 g/mol. The second-order valence-corrected chi connectivity index (χ2v) is 6.29. The molecule has 1 heterocycles. The van der Waals surface area contributed by atoms with Crippen molar-refractivity contribution < 1.29 is 9.53 Å². The van der Waals surface area contributed by atoms with Gasteiger partial charge in [-0.2, -0.15) is 0 Å². The van der Waals surface area contributed by atoms with Gasteiger partial charge in [0.05, 0.1) is 7.11 Å². The number of anilines is 2. The summed E-state index contributed by atoms with van der Waals surface area (Å²) >= 11 is 1.36. The van der Waals surface area contributed by atoms with Crippen molar-refractivity contribution in [1.82, 2.24) is 5.32 Å². The highest BCUT2D eigenvalue weighted by Gasteiger charge is 2.23. The third-order valence-corrected chi connectivity index (χ3v) is 4.39. The molecule has 0 unspecified atom stereocenters. The van der Waals surface area contributed by atoms with E-state index in [0.717, 1.165) is 18.0 Å². The molecule has 0 aliphatic rings. The Kier molecular flexibility index (Phi) is 6.55. The van der Waals surface area contributed by atoms with Gasteiger partial charge in [0.1, 0.15) is 15.6 Å². The summed E-state index contributed by atoms with van der Waals surface area (Å²) in [7, 11) is 3.56. The Hall–Kier alpha value is -1.69. The minimum atomic E-state index is -0.195. The Balaban J connectivity index is 2.99. The second-order valence-electron chi connectivity index (χ2n) is 5.29. The maximum absolute atomic E-state index is 12.1. The lowest BCUT2D eigenvalue weighted by Crippen LogP contribution is -2.23. The van der Waals surface area contributed by atoms with Gasteiger partial charge >= 0.3 is 0 Å². The fourth-order valence-electron chi connectivity index (χ4n) is 1.83. The van der Waals surface area contributed by atoms with Gasteiger partial charge in [0.15, 0.2) is 5.75 Å². The normalized spacial score (nSPS) is 10.5. The molecule has 118 valence electrons. The van der Waals surface area contributed by atoms with Crippen molar-refractivity contribution in [2.24, 2.45) is 5.92 Å². The lowest BCUT2D eigenvalue weighted by molar-refractivity contribution is 0.0962. The molecule has 0 aliphatic carbocycles. The summed E-state index contributed by atoms with van der Waals surface area (Å²) in [5, 5.41) is 3.63. The number of nitrogens with zero attached hydrogens (tertiary/aromatic N) is 1. The van der Waals surface area contributed by atoms with E-state index in [-0.39, 0.29) is 5.91 Å². The van der Waals surface area contributed by atoms with E-state index in [1.807, 2.05) is 7.05 Å². The van der Waals surface area contributed by atoms with Crippen LogP contribution in [-0.4, -0.2) is 33.2 Å². The number of carbonyl (C=O) groups excluding carboxylic acids is 1. The van der Waals surface area contributed by atoms with Crippen molar-refractivity contribution in [1.29, 1.82) is 0 Å². The SMILES string of the molecule is C=CCNC(=O)c1sc(N(C)CCC(C)C)c(OC)c1N. The van der Waals surface area contributed by atoms with Crippen molar-refractivity contribution in [3.8, 4) is 5.75 Å². The molecule has 0 atom stereocenters. The predicted octanol–water partition coefficient (Wildman–Crippen LogP) is 2.74. The molecule has 5 nitrogen and oxygen atoms in total. The molecule has 1 aromatic heterocycles. The summed E-state index contributed by atoms with van der Waals surface area (Å²) in [6.45, 7) is 9.25. The summed E-state index contributed by atoms with van der Waals surface area (Å²) in [5.74, 6) is 1.00. The van der Waals surface area contributed by atoms with Gasteiger partial charge in [-0.25, -0.2) is 0 Å². The zero-order valence-electron chi connectivity index (χ0n) is 13.2. The first-order chi connectivity index (χ1) is 9.92. The van der Waals surface area contributed by atoms with Gasteiger partial charge in [0.25, 0.3) is 5.91 Å². The smallest absolute Gasteiger partial charge is 0.263 e. The highest BCUT2D eigenvalue weighted by Crippen LogP contribution is 2.44. The van der Waals surface area contributed by atoms with Gasteiger partial charge < -0.3 is 20.7 Å². The summed E-state index contributed by atoms with van der Waals surface area (Å²) < 4.78 is 5.38. The van der Waals surface area contributed by atoms with Crippen LogP contribution in [0.1, 0.15) is 29.9 Å². The van der Waals surface area contributed by atoms with Crippen LogP contribution in [0.25, 0.3) is 0 Å². The molecule has 0 saturated heterocycles. The number of nitrogen functional groups attached to an aromatic ring is 1. The number of rotatable bonds is 8. The predicted molar refractivity (Wildman–Crippen MR) is 90.5 cm³/mol. The van der Waals surface area contributed by atoms with Crippen LogP contribution >= 0.6 is 11.3 Å². The average Bonchev–Trinajstić information content (AvgIpc) is 2.79. The Bertz CT molecular complexity index is 497. The number of nitrogens with two attached hydrogens (primary N) is 1. The van der Waals surface area contributed by atoms with E-state index in [4.69, 9.17) is 10.5 Å². The van der Waals surface area contributed by atoms with Gasteiger partial charge in [-0.1, -0.05) is 19.9 Å². The van der Waals surface area contributed by atoms with Crippen LogP contribution in [0.4, 0.5) is 10.7 Å². The molecule has 1 amide bonds. The van der Waals surface area contributed by atoms with Crippen molar-refractivity contribution >= 4 is 27.9 Å². The monoisotopic (exact) mass is 311 g/mol. The molecule has 1 rings (SSSR count). The fraction of sp³-hybridized carbons (Fsp3) is 0.533. The molecule has 1 aromatic rings. The van der Waals surface area contributed by atoms with E-state index < -0.39 is 0 Å². The highest BCUT2D eigenvalue weighted by molar-refractivity contribution is 7.19. The molecule has 0 radical (unpaired) electrons. The van der Waals surface area contributed by atoms with Gasteiger partial charge in [-0.3, -0.25) is 4.79 Å². The fourth-order valence-corrected chi connectivity index (χ4v) is 2.93. The number of methoxy groups -OCH3 is 1. The van der Waals surface area contributed by atoms with Crippen LogP contribution in [0.2, 0.25) is 0 Å². The Labute approximate surface area is 130 Å². The lowest BCUT2D eigenvalue weighted by atomic mass is 10.1. The summed E-state index contributed by atoms with van der Waals surface area (Å²) in [4.78, 5) is 14.7. The molecule has 0 aliphatic heterocycles. The van der Waals surface area contributed by atoms with E-state index in [9.17, 15) is 4.79 Å². The largest absolute Gasteiger partial charge is 0.492 e. The van der Waals surface area contributed by atoms with E-state index in [0.29, 0.717) is 28.8 Å². The minimum absolute atomic E-state index is 0.195. The molecule has 0 saturated carbocycles. The van der Waals surface area contributed by atoms with E-state index in [1.54, 1.807) is 13.2 Å². The van der Waals surface area contributed by atoms with Crippen molar-refractivity contribution in [2.45, 2.75) is 20.3 Å². The van der Waals surface area contributed by atoms with Gasteiger partial charge in [-0.05, 0) is 12.3 Å². The van der Waals surface area contributed by atoms with E-state index in [2.05, 4.69) is 30.6 Å². The quantitative estimate of drug-likeness (QED) is 0.724. The number of carbonyl (C=O) groups is 1. The van der Waals surface area contributed by atoms with Crippen LogP contribution in [0.5, 0.6) is 5.75 Å². The van der Waals surface area contributed by atoms with Crippen molar-refractivity contribution in [2.75, 3.05) is 37.9 Å². The summed E-state index contributed by atoms with van der Waals surface area (Å²) in [6.07, 6.45) is 2.70. The number of amides is 1. The first-order valence-electron chi connectivity index (χ1n) is 6.98. The van der Waals surface area contributed by atoms with Crippen LogP contribution < -0.4 is 20.7 Å². The molecule has 0 aromatic carbocycles. The topological polar surface area (TPSA) is 67.6 Å². The van der Waals surface area contributed by atoms with Crippen LogP contribution in [0, 0.1) is 5.92 Å². The standard InChI is InChI=1S/C15H25N3O2S/c1-6-8-17-14(19)13-11(16)12(20-5)15(21-13)18(4)9-7-10(2)3/h6,10H,1,7-9,16H2,2-5H3,(H,17,19). The number of nitrogens with one attached hydrogen (secondary N) is 1. The summed E-state index contributed by atoms with van der Waals surface area (Å²) in [6, 6.07) is 0. The molecular weight excluding hydrogens is 286 g/mol. The number of ether oxygens (including phenoxy) is 1. The van der Waals surface area contributed by atoms with E-state index in [1.165, 1.54) is 11.3 Å². The highest BCUT2D eigenvalue weighted by atomic mass is 32.1. The van der Waals surface area contributed by atoms with Gasteiger partial charge in [-0.15, -0.1) is 17.9 Å². The van der Waals surface area contributed by atoms with Gasteiger partial charge in [0, 0.05) is 20.1 Å². The zero-order valence-corrected chi connectivity index (χ0v) is 14.0. The van der Waals surface area contributed by atoms with Gasteiger partial charge in [0.2, 0.25) is 0 Å².